The zero-order valence-corrected chi connectivity index (χ0v) is 18.8. The van der Waals surface area contributed by atoms with Crippen molar-refractivity contribution in [2.24, 2.45) is 4.99 Å². The molecule has 0 spiro atoms. The first-order chi connectivity index (χ1) is 12.1. The molecule has 0 atom stereocenters. The number of nitrogens with one attached hydrogen (secondary N) is 2. The Kier molecular flexibility index (Phi) is 7.82. The summed E-state index contributed by atoms with van der Waals surface area (Å²) in [7, 11) is 0. The predicted molar refractivity (Wildman–Crippen MR) is 122 cm³/mol. The van der Waals surface area contributed by atoms with Gasteiger partial charge in [-0.3, -0.25) is 0 Å². The Bertz CT molecular complexity index is 714. The quantitative estimate of drug-likeness (QED) is 0.391. The number of benzene rings is 1. The molecule has 0 unspecified atom stereocenters. The Morgan fingerprint density at radius 3 is 2.81 bits per heavy atom. The molecular formula is C19H28IN5S. The van der Waals surface area contributed by atoms with E-state index in [-0.39, 0.29) is 28.7 Å². The number of hydrogen-bond acceptors (Lipinski definition) is 3. The van der Waals surface area contributed by atoms with Gasteiger partial charge in [-0.05, 0) is 26.3 Å². The van der Waals surface area contributed by atoms with E-state index in [2.05, 4.69) is 53.1 Å². The Labute approximate surface area is 177 Å². The lowest BCUT2D eigenvalue weighted by Gasteiger charge is -2.39. The SMILES string of the molecule is CCNC(=NCc1ncc(-c2ccccc2)[nH]1)N1CCSC(C)(C)C1.I. The largest absolute Gasteiger partial charge is 0.357 e. The minimum absolute atomic E-state index is 0. The smallest absolute Gasteiger partial charge is 0.194 e. The van der Waals surface area contributed by atoms with E-state index in [4.69, 9.17) is 4.99 Å². The highest BCUT2D eigenvalue weighted by atomic mass is 127. The molecule has 7 heteroatoms. The van der Waals surface area contributed by atoms with Crippen molar-refractivity contribution >= 4 is 41.7 Å². The van der Waals surface area contributed by atoms with Crippen LogP contribution < -0.4 is 5.32 Å². The summed E-state index contributed by atoms with van der Waals surface area (Å²) in [6.07, 6.45) is 1.88. The summed E-state index contributed by atoms with van der Waals surface area (Å²) in [5.74, 6) is 3.00. The number of rotatable bonds is 4. The van der Waals surface area contributed by atoms with Crippen LogP contribution in [0.3, 0.4) is 0 Å². The van der Waals surface area contributed by atoms with E-state index in [9.17, 15) is 0 Å². The molecule has 26 heavy (non-hydrogen) atoms. The molecule has 142 valence electrons. The van der Waals surface area contributed by atoms with Crippen LogP contribution in [0, 0.1) is 0 Å². The van der Waals surface area contributed by atoms with Crippen LogP contribution >= 0.6 is 35.7 Å². The zero-order chi connectivity index (χ0) is 17.7. The summed E-state index contributed by atoms with van der Waals surface area (Å²) in [6.45, 7) is 10.2. The van der Waals surface area contributed by atoms with Gasteiger partial charge in [0.15, 0.2) is 5.96 Å². The van der Waals surface area contributed by atoms with E-state index in [1.54, 1.807) is 0 Å². The average molecular weight is 485 g/mol. The molecule has 0 aliphatic carbocycles. The third-order valence-corrected chi connectivity index (χ3v) is 5.45. The first kappa shape index (κ1) is 21.1. The van der Waals surface area contributed by atoms with Gasteiger partial charge in [0.2, 0.25) is 0 Å². The lowest BCUT2D eigenvalue weighted by Crippen LogP contribution is -2.50. The molecule has 1 aromatic carbocycles. The van der Waals surface area contributed by atoms with E-state index in [0.29, 0.717) is 6.54 Å². The number of H-pyrrole nitrogens is 1. The number of nitrogens with zero attached hydrogens (tertiary/aromatic N) is 3. The van der Waals surface area contributed by atoms with Crippen molar-refractivity contribution in [2.45, 2.75) is 32.1 Å². The topological polar surface area (TPSA) is 56.3 Å². The summed E-state index contributed by atoms with van der Waals surface area (Å²) in [4.78, 5) is 15.0. The number of halogens is 1. The average Bonchev–Trinajstić information content (AvgIpc) is 3.07. The molecule has 5 nitrogen and oxygen atoms in total. The van der Waals surface area contributed by atoms with Gasteiger partial charge in [0.1, 0.15) is 12.4 Å². The van der Waals surface area contributed by atoms with Crippen LogP contribution in [-0.4, -0.2) is 51.0 Å². The van der Waals surface area contributed by atoms with Gasteiger partial charge in [-0.25, -0.2) is 9.98 Å². The molecule has 1 fully saturated rings. The number of aromatic amines is 1. The number of aliphatic imine (C=N–C) groups is 1. The van der Waals surface area contributed by atoms with Crippen molar-refractivity contribution in [2.75, 3.05) is 25.4 Å². The number of imidazole rings is 1. The summed E-state index contributed by atoms with van der Waals surface area (Å²) in [5.41, 5.74) is 2.18. The van der Waals surface area contributed by atoms with Crippen molar-refractivity contribution in [1.29, 1.82) is 0 Å². The van der Waals surface area contributed by atoms with Gasteiger partial charge in [-0.1, -0.05) is 30.3 Å². The van der Waals surface area contributed by atoms with Crippen LogP contribution in [-0.2, 0) is 6.54 Å². The summed E-state index contributed by atoms with van der Waals surface area (Å²) >= 11 is 2.03. The van der Waals surface area contributed by atoms with Gasteiger partial charge < -0.3 is 15.2 Å². The minimum Gasteiger partial charge on any atom is -0.357 e. The van der Waals surface area contributed by atoms with Gasteiger partial charge in [-0.2, -0.15) is 11.8 Å². The number of guanidine groups is 1. The summed E-state index contributed by atoms with van der Waals surface area (Å²) < 4.78 is 0.263. The highest BCUT2D eigenvalue weighted by Gasteiger charge is 2.28. The molecule has 2 heterocycles. The minimum atomic E-state index is 0. The van der Waals surface area contributed by atoms with E-state index in [0.717, 1.165) is 48.4 Å². The van der Waals surface area contributed by atoms with Crippen molar-refractivity contribution in [3.63, 3.8) is 0 Å². The number of thioether (sulfide) groups is 1. The Morgan fingerprint density at radius 2 is 2.12 bits per heavy atom. The summed E-state index contributed by atoms with van der Waals surface area (Å²) in [6, 6.07) is 10.3. The monoisotopic (exact) mass is 485 g/mol. The van der Waals surface area contributed by atoms with Crippen molar-refractivity contribution in [1.82, 2.24) is 20.2 Å². The van der Waals surface area contributed by atoms with Gasteiger partial charge in [0, 0.05) is 30.1 Å². The maximum atomic E-state index is 4.81. The standard InChI is InChI=1S/C19H27N5S.HI/c1-4-20-18(24-10-11-25-19(2,3)14-24)22-13-17-21-12-16(23-17)15-8-6-5-7-9-15;/h5-9,12H,4,10-11,13-14H2,1-3H3,(H,20,22)(H,21,23);1H. The number of aromatic nitrogens is 2. The third-order valence-electron chi connectivity index (χ3n) is 4.15. The molecule has 1 aliphatic heterocycles. The van der Waals surface area contributed by atoms with Crippen LogP contribution in [0.1, 0.15) is 26.6 Å². The van der Waals surface area contributed by atoms with Crippen LogP contribution in [0.25, 0.3) is 11.3 Å². The molecule has 0 radical (unpaired) electrons. The Balaban J connectivity index is 0.00000243. The highest BCUT2D eigenvalue weighted by Crippen LogP contribution is 2.29. The highest BCUT2D eigenvalue weighted by molar-refractivity contribution is 14.0. The maximum absolute atomic E-state index is 4.81. The van der Waals surface area contributed by atoms with Crippen LogP contribution in [0.4, 0.5) is 0 Å². The van der Waals surface area contributed by atoms with Crippen molar-refractivity contribution in [3.8, 4) is 11.3 Å². The Hall–Kier alpha value is -1.22. The molecule has 1 aliphatic rings. The molecule has 0 bridgehead atoms. The zero-order valence-electron chi connectivity index (χ0n) is 15.7. The molecular weight excluding hydrogens is 457 g/mol. The molecule has 1 saturated heterocycles. The molecule has 0 saturated carbocycles. The fourth-order valence-electron chi connectivity index (χ4n) is 2.98. The van der Waals surface area contributed by atoms with Crippen molar-refractivity contribution in [3.05, 3.63) is 42.4 Å². The van der Waals surface area contributed by atoms with E-state index < -0.39 is 0 Å². The van der Waals surface area contributed by atoms with Crippen LogP contribution in [0.5, 0.6) is 0 Å². The number of hydrogen-bond donors (Lipinski definition) is 2. The van der Waals surface area contributed by atoms with Crippen molar-refractivity contribution < 1.29 is 0 Å². The van der Waals surface area contributed by atoms with Gasteiger partial charge in [0.05, 0.1) is 11.9 Å². The molecule has 1 aromatic heterocycles. The summed E-state index contributed by atoms with van der Waals surface area (Å²) in [5, 5.41) is 3.42. The molecule has 2 N–H and O–H groups in total. The first-order valence-electron chi connectivity index (χ1n) is 8.84. The van der Waals surface area contributed by atoms with E-state index in [1.807, 2.05) is 36.2 Å². The third kappa shape index (κ3) is 5.64. The van der Waals surface area contributed by atoms with E-state index in [1.165, 1.54) is 0 Å². The van der Waals surface area contributed by atoms with Gasteiger partial charge >= 0.3 is 0 Å². The second-order valence-corrected chi connectivity index (χ2v) is 8.61. The van der Waals surface area contributed by atoms with Crippen LogP contribution in [0.15, 0.2) is 41.5 Å². The van der Waals surface area contributed by atoms with E-state index >= 15 is 0 Å². The predicted octanol–water partition coefficient (Wildman–Crippen LogP) is 3.99. The maximum Gasteiger partial charge on any atom is 0.194 e. The fourth-order valence-corrected chi connectivity index (χ4v) is 4.09. The normalized spacial score (nSPS) is 16.9. The lowest BCUT2D eigenvalue weighted by molar-refractivity contribution is 0.375. The molecule has 2 aromatic rings. The second-order valence-electron chi connectivity index (χ2n) is 6.81. The second kappa shape index (κ2) is 9.64. The molecule has 3 rings (SSSR count). The van der Waals surface area contributed by atoms with Gasteiger partial charge in [-0.15, -0.1) is 24.0 Å². The van der Waals surface area contributed by atoms with Crippen LogP contribution in [0.2, 0.25) is 0 Å². The Morgan fingerprint density at radius 1 is 1.35 bits per heavy atom. The lowest BCUT2D eigenvalue weighted by atomic mass is 10.2. The fraction of sp³-hybridized carbons (Fsp3) is 0.474. The first-order valence-corrected chi connectivity index (χ1v) is 9.82. The van der Waals surface area contributed by atoms with Gasteiger partial charge in [0.25, 0.3) is 0 Å². The molecule has 0 amide bonds.